The normalized spacial score (nSPS) is 22.6. The molecule has 2 fully saturated rings. The number of rotatable bonds is 6. The van der Waals surface area contributed by atoms with Gasteiger partial charge in [0.2, 0.25) is 0 Å². The lowest BCUT2D eigenvalue weighted by Crippen LogP contribution is -2.36. The fourth-order valence-electron chi connectivity index (χ4n) is 5.33. The van der Waals surface area contributed by atoms with Gasteiger partial charge in [-0.2, -0.15) is 13.2 Å². The van der Waals surface area contributed by atoms with E-state index in [2.05, 4.69) is 23.1 Å². The van der Waals surface area contributed by atoms with Crippen LogP contribution >= 0.6 is 0 Å². The molecule has 186 valence electrons. The van der Waals surface area contributed by atoms with E-state index in [0.717, 1.165) is 49.2 Å². The third-order valence-corrected chi connectivity index (χ3v) is 7.40. The number of carbonyl (C=O) groups is 1. The molecule has 2 aromatic carbocycles. The largest absolute Gasteiger partial charge is 0.490 e. The number of ether oxygens (including phenoxy) is 2. The van der Waals surface area contributed by atoms with E-state index in [9.17, 15) is 18.0 Å². The van der Waals surface area contributed by atoms with Crippen LogP contribution < -0.4 is 4.74 Å². The number of halogens is 3. The highest BCUT2D eigenvalue weighted by Gasteiger charge is 2.41. The van der Waals surface area contributed by atoms with Gasteiger partial charge in [0.25, 0.3) is 0 Å². The predicted molar refractivity (Wildman–Crippen MR) is 126 cm³/mol. The van der Waals surface area contributed by atoms with Crippen LogP contribution in [0.15, 0.2) is 30.3 Å². The van der Waals surface area contributed by atoms with Gasteiger partial charge in [0.1, 0.15) is 5.75 Å². The number of aryl methyl sites for hydroxylation is 1. The topological polar surface area (TPSA) is 38.8 Å². The van der Waals surface area contributed by atoms with Crippen molar-refractivity contribution < 1.29 is 27.4 Å². The molecule has 7 heteroatoms. The molecule has 0 radical (unpaired) electrons. The first-order valence-corrected chi connectivity index (χ1v) is 12.4. The van der Waals surface area contributed by atoms with E-state index in [1.54, 1.807) is 0 Å². The van der Waals surface area contributed by atoms with Crippen molar-refractivity contribution in [1.29, 1.82) is 0 Å². The van der Waals surface area contributed by atoms with Gasteiger partial charge in [-0.05, 0) is 93.4 Å². The average molecular weight is 478 g/mol. The number of carbonyl (C=O) groups excluding carboxylic acids is 1. The van der Waals surface area contributed by atoms with Gasteiger partial charge in [0, 0.05) is 6.54 Å². The van der Waals surface area contributed by atoms with Gasteiger partial charge in [-0.15, -0.1) is 0 Å². The SMILES string of the molecule is CCOC(=O)C1CCN(Cc2cccc3c(C)c(OC4CCC(C(F)(F)F)CC4)ccc23)CC1. The van der Waals surface area contributed by atoms with Crippen LogP contribution in [-0.4, -0.2) is 42.8 Å². The van der Waals surface area contributed by atoms with Gasteiger partial charge in [0.15, 0.2) is 0 Å². The number of fused-ring (bicyclic) bond motifs is 1. The molecule has 0 spiro atoms. The van der Waals surface area contributed by atoms with Crippen molar-refractivity contribution in [2.75, 3.05) is 19.7 Å². The van der Waals surface area contributed by atoms with Crippen molar-refractivity contribution in [2.24, 2.45) is 11.8 Å². The maximum Gasteiger partial charge on any atom is 0.391 e. The summed E-state index contributed by atoms with van der Waals surface area (Å²) in [5.74, 6) is -0.524. The van der Waals surface area contributed by atoms with Gasteiger partial charge < -0.3 is 9.47 Å². The smallest absolute Gasteiger partial charge is 0.391 e. The van der Waals surface area contributed by atoms with Crippen LogP contribution in [0.1, 0.15) is 56.6 Å². The first-order chi connectivity index (χ1) is 16.3. The number of likely N-dealkylation sites (tertiary alicyclic amines) is 1. The Balaban J connectivity index is 1.40. The van der Waals surface area contributed by atoms with Crippen LogP contribution in [0, 0.1) is 18.8 Å². The third-order valence-electron chi connectivity index (χ3n) is 7.40. The van der Waals surface area contributed by atoms with Crippen molar-refractivity contribution >= 4 is 16.7 Å². The maximum atomic E-state index is 13.0. The minimum Gasteiger partial charge on any atom is -0.490 e. The maximum absolute atomic E-state index is 13.0. The first kappa shape index (κ1) is 24.8. The van der Waals surface area contributed by atoms with Gasteiger partial charge in [-0.25, -0.2) is 0 Å². The Morgan fingerprint density at radius 1 is 1.00 bits per heavy atom. The molecule has 2 aromatic rings. The summed E-state index contributed by atoms with van der Waals surface area (Å²) >= 11 is 0. The molecule has 0 aromatic heterocycles. The highest BCUT2D eigenvalue weighted by molar-refractivity contribution is 5.90. The van der Waals surface area contributed by atoms with Gasteiger partial charge in [-0.3, -0.25) is 9.69 Å². The Kier molecular flexibility index (Phi) is 7.70. The number of piperidine rings is 1. The van der Waals surface area contributed by atoms with Gasteiger partial charge >= 0.3 is 12.1 Å². The monoisotopic (exact) mass is 477 g/mol. The van der Waals surface area contributed by atoms with Crippen LogP contribution in [-0.2, 0) is 16.1 Å². The summed E-state index contributed by atoms with van der Waals surface area (Å²) in [4.78, 5) is 14.4. The highest BCUT2D eigenvalue weighted by atomic mass is 19.4. The summed E-state index contributed by atoms with van der Waals surface area (Å²) in [5, 5.41) is 2.28. The van der Waals surface area contributed by atoms with Gasteiger partial charge in [0.05, 0.1) is 24.5 Å². The van der Waals surface area contributed by atoms with E-state index in [0.29, 0.717) is 19.4 Å². The van der Waals surface area contributed by atoms with E-state index in [4.69, 9.17) is 9.47 Å². The predicted octanol–water partition coefficient (Wildman–Crippen LogP) is 6.42. The molecule has 0 N–H and O–H groups in total. The number of esters is 1. The molecule has 4 nitrogen and oxygen atoms in total. The summed E-state index contributed by atoms with van der Waals surface area (Å²) in [6, 6.07) is 10.3. The highest BCUT2D eigenvalue weighted by Crippen LogP contribution is 2.39. The first-order valence-electron chi connectivity index (χ1n) is 12.4. The Morgan fingerprint density at radius 2 is 1.71 bits per heavy atom. The summed E-state index contributed by atoms with van der Waals surface area (Å²) in [6.45, 7) is 6.82. The van der Waals surface area contributed by atoms with Crippen molar-refractivity contribution in [3.8, 4) is 5.75 Å². The van der Waals surface area contributed by atoms with Crippen LogP contribution in [0.4, 0.5) is 13.2 Å². The van der Waals surface area contributed by atoms with Crippen LogP contribution in [0.25, 0.3) is 10.8 Å². The molecule has 0 bridgehead atoms. The molecular weight excluding hydrogens is 443 g/mol. The molecule has 0 amide bonds. The fraction of sp³-hybridized carbons (Fsp3) is 0.593. The summed E-state index contributed by atoms with van der Waals surface area (Å²) in [6.07, 6.45) is -1.50. The van der Waals surface area contributed by atoms with Crippen molar-refractivity contribution in [3.63, 3.8) is 0 Å². The van der Waals surface area contributed by atoms with E-state index in [1.807, 2.05) is 26.0 Å². The summed E-state index contributed by atoms with van der Waals surface area (Å²) in [5.41, 5.74) is 2.26. The van der Waals surface area contributed by atoms with Crippen LogP contribution in [0.5, 0.6) is 5.75 Å². The molecule has 4 rings (SSSR count). The van der Waals surface area contributed by atoms with E-state index >= 15 is 0 Å². The summed E-state index contributed by atoms with van der Waals surface area (Å²) < 4.78 is 50.2. The zero-order valence-corrected chi connectivity index (χ0v) is 20.0. The molecule has 1 saturated carbocycles. The van der Waals surface area contributed by atoms with Crippen molar-refractivity contribution in [2.45, 2.75) is 71.2 Å². The Morgan fingerprint density at radius 3 is 2.35 bits per heavy atom. The Labute approximate surface area is 199 Å². The summed E-state index contributed by atoms with van der Waals surface area (Å²) in [7, 11) is 0. The van der Waals surface area contributed by atoms with E-state index < -0.39 is 12.1 Å². The lowest BCUT2D eigenvalue weighted by molar-refractivity contribution is -0.185. The molecule has 1 aliphatic heterocycles. The number of alkyl halides is 3. The molecule has 1 heterocycles. The molecule has 0 unspecified atom stereocenters. The standard InChI is InChI=1S/C27H34F3NO3/c1-3-33-26(32)19-13-15-31(16-14-19)17-20-5-4-6-23-18(2)25(12-11-24(20)23)34-22-9-7-21(8-10-22)27(28,29)30/h4-6,11-12,19,21-22H,3,7-10,13-17H2,1-2H3. The van der Waals surface area contributed by atoms with Crippen LogP contribution in [0.3, 0.4) is 0 Å². The zero-order chi connectivity index (χ0) is 24.3. The zero-order valence-electron chi connectivity index (χ0n) is 20.0. The number of benzene rings is 2. The Hall–Kier alpha value is -2.28. The second-order valence-corrected chi connectivity index (χ2v) is 9.64. The lowest BCUT2D eigenvalue weighted by Gasteiger charge is -2.31. The minimum absolute atomic E-state index is 0.00290. The number of hydrogen-bond donors (Lipinski definition) is 0. The quantitative estimate of drug-likeness (QED) is 0.450. The van der Waals surface area contributed by atoms with Gasteiger partial charge in [-0.1, -0.05) is 24.3 Å². The lowest BCUT2D eigenvalue weighted by atomic mass is 9.87. The minimum atomic E-state index is -4.10. The van der Waals surface area contributed by atoms with Crippen molar-refractivity contribution in [3.05, 3.63) is 41.5 Å². The fourth-order valence-corrected chi connectivity index (χ4v) is 5.33. The Bertz CT molecular complexity index is 991. The molecule has 2 aliphatic rings. The molecule has 1 aliphatic carbocycles. The molecule has 0 atom stereocenters. The molecule has 1 saturated heterocycles. The molecular formula is C27H34F3NO3. The van der Waals surface area contributed by atoms with E-state index in [-0.39, 0.29) is 30.8 Å². The van der Waals surface area contributed by atoms with E-state index in [1.165, 1.54) is 10.9 Å². The third kappa shape index (κ3) is 5.68. The second-order valence-electron chi connectivity index (χ2n) is 9.64. The molecule has 34 heavy (non-hydrogen) atoms. The average Bonchev–Trinajstić information content (AvgIpc) is 2.82. The van der Waals surface area contributed by atoms with Crippen LogP contribution in [0.2, 0.25) is 0 Å². The second kappa shape index (κ2) is 10.5. The number of hydrogen-bond acceptors (Lipinski definition) is 4. The number of nitrogens with zero attached hydrogens (tertiary/aromatic N) is 1. The van der Waals surface area contributed by atoms with Crippen molar-refractivity contribution in [1.82, 2.24) is 4.90 Å².